The summed E-state index contributed by atoms with van der Waals surface area (Å²) in [5.74, 6) is 4.70. The van der Waals surface area contributed by atoms with Gasteiger partial charge in [-0.25, -0.2) is 0 Å². The average Bonchev–Trinajstić information content (AvgIpc) is 2.54. The maximum atomic E-state index is 5.62. The Morgan fingerprint density at radius 3 is 1.86 bits per heavy atom. The van der Waals surface area contributed by atoms with Crippen LogP contribution in [0.15, 0.2) is 48.5 Å². The first kappa shape index (κ1) is 15.3. The number of benzene rings is 2. The molecule has 0 fully saturated rings. The molecule has 2 aromatic carbocycles. The average molecular weight is 301 g/mol. The smallest absolute Gasteiger partial charge is 0.148 e. The van der Waals surface area contributed by atoms with Gasteiger partial charge in [0.05, 0.1) is 6.61 Å². The molecule has 2 nitrogen and oxygen atoms in total. The van der Waals surface area contributed by atoms with Gasteiger partial charge in [0.25, 0.3) is 0 Å². The van der Waals surface area contributed by atoms with Gasteiger partial charge < -0.3 is 9.47 Å². The molecule has 3 heteroatoms. The molecule has 0 N–H and O–H groups in total. The first-order valence-electron chi connectivity index (χ1n) is 6.79. The minimum absolute atomic E-state index is 0.285. The van der Waals surface area contributed by atoms with Crippen molar-refractivity contribution >= 4 is 11.6 Å². The van der Waals surface area contributed by atoms with Crippen LogP contribution in [-0.2, 0) is 0 Å². The van der Waals surface area contributed by atoms with E-state index in [4.69, 9.17) is 27.5 Å². The van der Waals surface area contributed by atoms with Crippen molar-refractivity contribution in [1.82, 2.24) is 0 Å². The maximum absolute atomic E-state index is 5.62. The SMILES string of the molecule is C#CCOc1ccc(-c2ccc(OCCCCl)cc2)cc1. The highest BCUT2D eigenvalue weighted by atomic mass is 35.5. The fraction of sp³-hybridized carbons (Fsp3) is 0.222. The topological polar surface area (TPSA) is 18.5 Å². The van der Waals surface area contributed by atoms with E-state index >= 15 is 0 Å². The summed E-state index contributed by atoms with van der Waals surface area (Å²) in [7, 11) is 0. The molecule has 2 rings (SSSR count). The van der Waals surface area contributed by atoms with Crippen LogP contribution in [0, 0.1) is 12.3 Å². The molecule has 0 atom stereocenters. The highest BCUT2D eigenvalue weighted by Gasteiger charge is 2.00. The number of rotatable bonds is 7. The van der Waals surface area contributed by atoms with Crippen molar-refractivity contribution in [2.45, 2.75) is 6.42 Å². The zero-order chi connectivity index (χ0) is 14.9. The highest BCUT2D eigenvalue weighted by Crippen LogP contribution is 2.24. The lowest BCUT2D eigenvalue weighted by Gasteiger charge is -2.07. The summed E-state index contributed by atoms with van der Waals surface area (Å²) in [4.78, 5) is 0. The van der Waals surface area contributed by atoms with Gasteiger partial charge in [-0.05, 0) is 41.8 Å². The predicted octanol–water partition coefficient (Wildman–Crippen LogP) is 4.37. The molecule has 0 bridgehead atoms. The van der Waals surface area contributed by atoms with E-state index in [-0.39, 0.29) is 6.61 Å². The quantitative estimate of drug-likeness (QED) is 0.429. The van der Waals surface area contributed by atoms with Crippen molar-refractivity contribution in [3.63, 3.8) is 0 Å². The molecule has 0 amide bonds. The third-order valence-electron chi connectivity index (χ3n) is 2.91. The van der Waals surface area contributed by atoms with Crippen molar-refractivity contribution in [1.29, 1.82) is 0 Å². The predicted molar refractivity (Wildman–Crippen MR) is 87.0 cm³/mol. The Bertz CT molecular complexity index is 582. The normalized spacial score (nSPS) is 9.90. The third kappa shape index (κ3) is 4.73. The molecular formula is C18H17ClO2. The molecule has 0 unspecified atom stereocenters. The molecule has 0 saturated carbocycles. The molecule has 2 aromatic rings. The van der Waals surface area contributed by atoms with E-state index in [1.165, 1.54) is 0 Å². The van der Waals surface area contributed by atoms with E-state index in [9.17, 15) is 0 Å². The third-order valence-corrected chi connectivity index (χ3v) is 3.18. The van der Waals surface area contributed by atoms with Crippen LogP contribution in [0.2, 0.25) is 0 Å². The van der Waals surface area contributed by atoms with Crippen LogP contribution in [0.5, 0.6) is 11.5 Å². The first-order valence-corrected chi connectivity index (χ1v) is 7.32. The standard InChI is InChI=1S/C18H17ClO2/c1-2-13-20-17-8-4-15(5-9-17)16-6-10-18(11-7-16)21-14-3-12-19/h1,4-11H,3,12-14H2. The largest absolute Gasteiger partial charge is 0.494 e. The van der Waals surface area contributed by atoms with Gasteiger partial charge in [-0.2, -0.15) is 0 Å². The van der Waals surface area contributed by atoms with Crippen LogP contribution in [0.25, 0.3) is 11.1 Å². The molecule has 108 valence electrons. The minimum atomic E-state index is 0.285. The van der Waals surface area contributed by atoms with Crippen LogP contribution in [0.1, 0.15) is 6.42 Å². The molecule has 0 aliphatic carbocycles. The number of hydrogen-bond donors (Lipinski definition) is 0. The summed E-state index contributed by atoms with van der Waals surface area (Å²) in [6, 6.07) is 15.8. The summed E-state index contributed by atoms with van der Waals surface area (Å²) in [5, 5.41) is 0. The van der Waals surface area contributed by atoms with Gasteiger partial charge in [0.15, 0.2) is 0 Å². The number of halogens is 1. The number of terminal acetylenes is 1. The van der Waals surface area contributed by atoms with Gasteiger partial charge in [-0.1, -0.05) is 30.2 Å². The van der Waals surface area contributed by atoms with Crippen LogP contribution in [0.3, 0.4) is 0 Å². The molecule has 0 spiro atoms. The fourth-order valence-electron chi connectivity index (χ4n) is 1.86. The minimum Gasteiger partial charge on any atom is -0.494 e. The maximum Gasteiger partial charge on any atom is 0.148 e. The molecular weight excluding hydrogens is 284 g/mol. The van der Waals surface area contributed by atoms with Gasteiger partial charge in [0.1, 0.15) is 18.1 Å². The Labute approximate surface area is 130 Å². The first-order chi connectivity index (χ1) is 10.3. The molecule has 0 aromatic heterocycles. The van der Waals surface area contributed by atoms with Crippen molar-refractivity contribution in [3.05, 3.63) is 48.5 Å². The second-order valence-corrected chi connectivity index (χ2v) is 4.81. The second-order valence-electron chi connectivity index (χ2n) is 4.43. The molecule has 0 saturated heterocycles. The Morgan fingerprint density at radius 2 is 1.38 bits per heavy atom. The molecule has 0 aliphatic heterocycles. The Kier molecular flexibility index (Phi) is 5.99. The van der Waals surface area contributed by atoms with Crippen molar-refractivity contribution in [2.75, 3.05) is 19.1 Å². The highest BCUT2D eigenvalue weighted by molar-refractivity contribution is 6.17. The zero-order valence-corrected chi connectivity index (χ0v) is 12.5. The van der Waals surface area contributed by atoms with E-state index in [1.54, 1.807) is 0 Å². The van der Waals surface area contributed by atoms with Crippen molar-refractivity contribution in [3.8, 4) is 35.0 Å². The zero-order valence-electron chi connectivity index (χ0n) is 11.7. The second kappa shape index (κ2) is 8.24. The van der Waals surface area contributed by atoms with Gasteiger partial charge in [-0.15, -0.1) is 18.0 Å². The van der Waals surface area contributed by atoms with Gasteiger partial charge in [0, 0.05) is 5.88 Å². The fourth-order valence-corrected chi connectivity index (χ4v) is 1.97. The van der Waals surface area contributed by atoms with Crippen LogP contribution < -0.4 is 9.47 Å². The Hall–Kier alpha value is -2.11. The van der Waals surface area contributed by atoms with E-state index in [0.717, 1.165) is 29.0 Å². The van der Waals surface area contributed by atoms with E-state index in [1.807, 2.05) is 48.5 Å². The summed E-state index contributed by atoms with van der Waals surface area (Å²) in [6.45, 7) is 0.928. The molecule has 0 radical (unpaired) electrons. The lowest BCUT2D eigenvalue weighted by Crippen LogP contribution is -1.97. The van der Waals surface area contributed by atoms with E-state index < -0.39 is 0 Å². The number of hydrogen-bond acceptors (Lipinski definition) is 2. The van der Waals surface area contributed by atoms with Crippen molar-refractivity contribution < 1.29 is 9.47 Å². The van der Waals surface area contributed by atoms with E-state index in [2.05, 4.69) is 5.92 Å². The molecule has 0 heterocycles. The molecule has 21 heavy (non-hydrogen) atoms. The lowest BCUT2D eigenvalue weighted by molar-refractivity contribution is 0.318. The number of ether oxygens (including phenoxy) is 2. The molecule has 0 aliphatic rings. The summed E-state index contributed by atoms with van der Waals surface area (Å²) in [6.07, 6.45) is 6.01. The lowest BCUT2D eigenvalue weighted by atomic mass is 10.1. The summed E-state index contributed by atoms with van der Waals surface area (Å²) in [5.41, 5.74) is 2.25. The Balaban J connectivity index is 1.99. The van der Waals surface area contributed by atoms with E-state index in [0.29, 0.717) is 12.5 Å². The van der Waals surface area contributed by atoms with Crippen LogP contribution in [0.4, 0.5) is 0 Å². The van der Waals surface area contributed by atoms with Crippen molar-refractivity contribution in [2.24, 2.45) is 0 Å². The summed E-state index contributed by atoms with van der Waals surface area (Å²) >= 11 is 5.62. The van der Waals surface area contributed by atoms with Gasteiger partial charge in [0.2, 0.25) is 0 Å². The van der Waals surface area contributed by atoms with Crippen LogP contribution >= 0.6 is 11.6 Å². The van der Waals surface area contributed by atoms with Crippen LogP contribution in [-0.4, -0.2) is 19.1 Å². The van der Waals surface area contributed by atoms with Gasteiger partial charge >= 0.3 is 0 Å². The van der Waals surface area contributed by atoms with Gasteiger partial charge in [-0.3, -0.25) is 0 Å². The summed E-state index contributed by atoms with van der Waals surface area (Å²) < 4.78 is 10.9. The monoisotopic (exact) mass is 300 g/mol. The number of alkyl halides is 1. The Morgan fingerprint density at radius 1 is 0.857 bits per heavy atom.